The number of H-pyrrole nitrogens is 2. The van der Waals surface area contributed by atoms with Gasteiger partial charge in [-0.05, 0) is 35.7 Å². The second kappa shape index (κ2) is 4.58. The molecule has 0 aliphatic heterocycles. The number of rotatable bonds is 3. The molecule has 0 saturated heterocycles. The highest BCUT2D eigenvalue weighted by atomic mass is 32.1. The minimum absolute atomic E-state index is 0.877. The van der Waals surface area contributed by atoms with Gasteiger partial charge in [0.15, 0.2) is 0 Å². The fourth-order valence-electron chi connectivity index (χ4n) is 2.42. The second-order valence-electron chi connectivity index (χ2n) is 4.49. The molecule has 3 nitrogen and oxygen atoms in total. The van der Waals surface area contributed by atoms with E-state index in [1.807, 2.05) is 30.6 Å². The van der Waals surface area contributed by atoms with Crippen LogP contribution in [0.25, 0.3) is 33.2 Å². The largest absolute Gasteiger partial charge is 0.464 e. The summed E-state index contributed by atoms with van der Waals surface area (Å²) in [7, 11) is 0. The van der Waals surface area contributed by atoms with Gasteiger partial charge in [0.2, 0.25) is 0 Å². The van der Waals surface area contributed by atoms with Crippen LogP contribution in [0.4, 0.5) is 0 Å². The van der Waals surface area contributed by atoms with E-state index in [0.717, 1.165) is 22.7 Å². The van der Waals surface area contributed by atoms with Crippen LogP contribution in [0.2, 0.25) is 0 Å². The van der Waals surface area contributed by atoms with Gasteiger partial charge in [-0.15, -0.1) is 11.3 Å². The quantitative estimate of drug-likeness (QED) is 0.545. The minimum atomic E-state index is 0.877. The molecule has 4 aromatic rings. The number of hydrogen-bond donors (Lipinski definition) is 2. The number of nitrogens with one attached hydrogen (secondary N) is 2. The number of thiophene rings is 1. The third-order valence-corrected chi connectivity index (χ3v) is 4.19. The van der Waals surface area contributed by atoms with E-state index < -0.39 is 0 Å². The molecule has 98 valence electrons. The van der Waals surface area contributed by atoms with Crippen molar-refractivity contribution in [3.8, 4) is 33.2 Å². The molecule has 0 radical (unpaired) electrons. The molecular formula is C16H12N2OS. The third kappa shape index (κ3) is 1.73. The summed E-state index contributed by atoms with van der Waals surface area (Å²) in [6.45, 7) is 0. The van der Waals surface area contributed by atoms with E-state index in [9.17, 15) is 0 Å². The third-order valence-electron chi connectivity index (χ3n) is 3.30. The van der Waals surface area contributed by atoms with Gasteiger partial charge in [-0.25, -0.2) is 0 Å². The normalized spacial score (nSPS) is 11.0. The Morgan fingerprint density at radius 2 is 2.00 bits per heavy atom. The first kappa shape index (κ1) is 11.4. The summed E-state index contributed by atoms with van der Waals surface area (Å²) in [5.41, 5.74) is 4.43. The number of hydrogen-bond acceptors (Lipinski definition) is 2. The van der Waals surface area contributed by atoms with Gasteiger partial charge in [0.05, 0.1) is 17.7 Å². The topological polar surface area (TPSA) is 44.7 Å². The zero-order chi connectivity index (χ0) is 13.4. The van der Waals surface area contributed by atoms with Gasteiger partial charge < -0.3 is 14.4 Å². The van der Waals surface area contributed by atoms with Crippen molar-refractivity contribution in [2.75, 3.05) is 0 Å². The van der Waals surface area contributed by atoms with Gasteiger partial charge >= 0.3 is 0 Å². The van der Waals surface area contributed by atoms with Crippen LogP contribution in [0.15, 0.2) is 64.9 Å². The summed E-state index contributed by atoms with van der Waals surface area (Å²) >= 11 is 1.73. The van der Waals surface area contributed by atoms with E-state index in [-0.39, 0.29) is 0 Å². The number of furan rings is 1. The smallest absolute Gasteiger partial charge is 0.136 e. The average molecular weight is 280 g/mol. The zero-order valence-electron chi connectivity index (χ0n) is 10.6. The van der Waals surface area contributed by atoms with Gasteiger partial charge in [0.1, 0.15) is 5.76 Å². The zero-order valence-corrected chi connectivity index (χ0v) is 11.4. The van der Waals surface area contributed by atoms with E-state index in [1.165, 1.54) is 10.4 Å². The predicted molar refractivity (Wildman–Crippen MR) is 81.6 cm³/mol. The van der Waals surface area contributed by atoms with Gasteiger partial charge in [0.25, 0.3) is 0 Å². The molecule has 0 aliphatic carbocycles. The Labute approximate surface area is 119 Å². The molecule has 0 spiro atoms. The van der Waals surface area contributed by atoms with Crippen molar-refractivity contribution in [1.82, 2.24) is 9.97 Å². The fraction of sp³-hybridized carbons (Fsp3) is 0. The molecule has 0 fully saturated rings. The maximum Gasteiger partial charge on any atom is 0.136 e. The van der Waals surface area contributed by atoms with Gasteiger partial charge in [-0.3, -0.25) is 0 Å². The lowest BCUT2D eigenvalue weighted by Gasteiger charge is -2.03. The highest BCUT2D eigenvalue weighted by molar-refractivity contribution is 7.13. The van der Waals surface area contributed by atoms with E-state index in [4.69, 9.17) is 4.42 Å². The van der Waals surface area contributed by atoms with Crippen LogP contribution in [-0.4, -0.2) is 9.97 Å². The molecule has 4 heteroatoms. The van der Waals surface area contributed by atoms with Crippen LogP contribution in [0, 0.1) is 0 Å². The van der Waals surface area contributed by atoms with Crippen molar-refractivity contribution >= 4 is 11.3 Å². The van der Waals surface area contributed by atoms with Crippen LogP contribution >= 0.6 is 11.3 Å². The first-order chi connectivity index (χ1) is 9.93. The lowest BCUT2D eigenvalue weighted by molar-refractivity contribution is 0.582. The van der Waals surface area contributed by atoms with Crippen molar-refractivity contribution in [2.45, 2.75) is 0 Å². The summed E-state index contributed by atoms with van der Waals surface area (Å²) < 4.78 is 5.56. The summed E-state index contributed by atoms with van der Waals surface area (Å²) in [6, 6.07) is 12.2. The Morgan fingerprint density at radius 3 is 2.70 bits per heavy atom. The summed E-state index contributed by atoms with van der Waals surface area (Å²) in [5.74, 6) is 0.877. The molecule has 0 aliphatic rings. The Hall–Kier alpha value is -2.46. The average Bonchev–Trinajstić information content (AvgIpc) is 3.23. The van der Waals surface area contributed by atoms with Gasteiger partial charge in [-0.1, -0.05) is 6.07 Å². The minimum Gasteiger partial charge on any atom is -0.464 e. The highest BCUT2D eigenvalue weighted by Crippen LogP contribution is 2.41. The van der Waals surface area contributed by atoms with E-state index >= 15 is 0 Å². The highest BCUT2D eigenvalue weighted by Gasteiger charge is 2.18. The maximum atomic E-state index is 5.56. The molecular weight excluding hydrogens is 268 g/mol. The first-order valence-corrected chi connectivity index (χ1v) is 7.24. The van der Waals surface area contributed by atoms with Crippen LogP contribution in [0.3, 0.4) is 0 Å². The molecule has 0 bridgehead atoms. The molecule has 0 saturated carbocycles. The molecule has 2 N–H and O–H groups in total. The van der Waals surface area contributed by atoms with E-state index in [2.05, 4.69) is 33.5 Å². The summed E-state index contributed by atoms with van der Waals surface area (Å²) in [5, 5.41) is 2.09. The molecule has 4 aromatic heterocycles. The van der Waals surface area contributed by atoms with Crippen LogP contribution in [0.5, 0.6) is 0 Å². The van der Waals surface area contributed by atoms with Crippen molar-refractivity contribution in [2.24, 2.45) is 0 Å². The van der Waals surface area contributed by atoms with Crippen molar-refractivity contribution in [3.05, 3.63) is 60.4 Å². The SMILES string of the molecule is c1c[nH]c(-c2[nH]cc(-c3ccco3)c2-c2cccs2)c1. The number of aromatic nitrogens is 2. The Morgan fingerprint density at radius 1 is 1.00 bits per heavy atom. The lowest BCUT2D eigenvalue weighted by atomic mass is 10.1. The monoisotopic (exact) mass is 280 g/mol. The molecule has 0 unspecified atom stereocenters. The van der Waals surface area contributed by atoms with Crippen LogP contribution in [-0.2, 0) is 0 Å². The second-order valence-corrected chi connectivity index (χ2v) is 5.44. The number of aromatic amines is 2. The standard InChI is InChI=1S/C16H12N2OS/c1-4-12(17-7-1)16-15(14-6-3-9-20-14)11(10-18-16)13-5-2-8-19-13/h1-10,17-18H. The lowest BCUT2D eigenvalue weighted by Crippen LogP contribution is -1.81. The fourth-order valence-corrected chi connectivity index (χ4v) is 3.22. The summed E-state index contributed by atoms with van der Waals surface area (Å²) in [4.78, 5) is 7.85. The molecule has 0 amide bonds. The molecule has 0 aromatic carbocycles. The van der Waals surface area contributed by atoms with Crippen molar-refractivity contribution in [1.29, 1.82) is 0 Å². The van der Waals surface area contributed by atoms with Crippen LogP contribution < -0.4 is 0 Å². The molecule has 4 rings (SSSR count). The van der Waals surface area contributed by atoms with Gasteiger partial charge in [-0.2, -0.15) is 0 Å². The molecule has 0 atom stereocenters. The van der Waals surface area contributed by atoms with E-state index in [0.29, 0.717) is 0 Å². The Balaban J connectivity index is 1.98. The molecule has 20 heavy (non-hydrogen) atoms. The van der Waals surface area contributed by atoms with Gasteiger partial charge in [0, 0.05) is 28.4 Å². The Bertz CT molecular complexity index is 741. The predicted octanol–water partition coefficient (Wildman–Crippen LogP) is 5.00. The molecule has 4 heterocycles. The van der Waals surface area contributed by atoms with E-state index in [1.54, 1.807) is 17.6 Å². The van der Waals surface area contributed by atoms with Crippen molar-refractivity contribution < 1.29 is 4.42 Å². The first-order valence-electron chi connectivity index (χ1n) is 6.36. The maximum absolute atomic E-state index is 5.56. The van der Waals surface area contributed by atoms with Crippen LogP contribution in [0.1, 0.15) is 0 Å². The summed E-state index contributed by atoms with van der Waals surface area (Å²) in [6.07, 6.45) is 5.64. The van der Waals surface area contributed by atoms with Crippen molar-refractivity contribution in [3.63, 3.8) is 0 Å². The Kier molecular flexibility index (Phi) is 2.60.